The maximum atomic E-state index is 13.9. The standard InChI is InChI=1S/C29H38N4O8/c1-32(2)22-17-11-14-10-16-20(18(34)12-15(25(16)41-3)13-31-6-9-33-7-4-5-8-33)23(35)19(14)26(37)29(17,40)27(38)21(24(22)36)28(30)39/h12,14,17,22,31,34-35,38,40H,4-11,13H2,1-3H3,(H2,30,39)/t14-,17-,22-,29-/m0/s1. The number of hydrogen-bond acceptors (Lipinski definition) is 11. The lowest BCUT2D eigenvalue weighted by molar-refractivity contribution is -0.153. The van der Waals surface area contributed by atoms with Crippen LogP contribution in [0.2, 0.25) is 0 Å². The topological polar surface area (TPSA) is 186 Å². The van der Waals surface area contributed by atoms with Crippen molar-refractivity contribution < 1.29 is 39.5 Å². The highest BCUT2D eigenvalue weighted by atomic mass is 16.5. The largest absolute Gasteiger partial charge is 0.508 e. The summed E-state index contributed by atoms with van der Waals surface area (Å²) in [7, 11) is 4.63. The van der Waals surface area contributed by atoms with E-state index in [-0.39, 0.29) is 29.7 Å². The van der Waals surface area contributed by atoms with Gasteiger partial charge in [-0.15, -0.1) is 0 Å². The van der Waals surface area contributed by atoms with Gasteiger partial charge in [0.2, 0.25) is 5.78 Å². The normalized spacial score (nSPS) is 28.2. The van der Waals surface area contributed by atoms with Crippen molar-refractivity contribution >= 4 is 23.2 Å². The number of phenols is 1. The minimum absolute atomic E-state index is 0.0129. The lowest BCUT2D eigenvalue weighted by Crippen LogP contribution is -2.65. The summed E-state index contributed by atoms with van der Waals surface area (Å²) < 4.78 is 5.75. The van der Waals surface area contributed by atoms with Gasteiger partial charge in [-0.2, -0.15) is 0 Å². The van der Waals surface area contributed by atoms with Gasteiger partial charge in [0.1, 0.15) is 28.6 Å². The van der Waals surface area contributed by atoms with E-state index >= 15 is 0 Å². The SMILES string of the molecule is COc1c(CNCCN2CCCC2)cc(O)c2c1C[C@H]1C[C@H]3[C@H](N(C)C)C(=O)C(C(N)=O)=C(O)[C@@]3(O)C(=O)C1=C2O. The molecular weight excluding hydrogens is 532 g/mol. The summed E-state index contributed by atoms with van der Waals surface area (Å²) in [6.07, 6.45) is 2.61. The Morgan fingerprint density at radius 3 is 2.51 bits per heavy atom. The molecular formula is C29H38N4O8. The third-order valence-electron chi connectivity index (χ3n) is 9.07. The first-order chi connectivity index (χ1) is 19.4. The summed E-state index contributed by atoms with van der Waals surface area (Å²) in [5.41, 5.74) is 2.89. The lowest BCUT2D eigenvalue weighted by atomic mass is 9.57. The van der Waals surface area contributed by atoms with Crippen molar-refractivity contribution in [3.63, 3.8) is 0 Å². The number of fused-ring (bicyclic) bond motifs is 3. The Morgan fingerprint density at radius 1 is 1.22 bits per heavy atom. The second kappa shape index (κ2) is 10.8. The Labute approximate surface area is 238 Å². The van der Waals surface area contributed by atoms with Crippen molar-refractivity contribution in [2.45, 2.75) is 43.9 Å². The Kier molecular flexibility index (Phi) is 7.62. The number of rotatable bonds is 8. The molecule has 2 fully saturated rings. The summed E-state index contributed by atoms with van der Waals surface area (Å²) in [4.78, 5) is 43.1. The predicted octanol–water partition coefficient (Wildman–Crippen LogP) is 0.158. The summed E-state index contributed by atoms with van der Waals surface area (Å²) in [6, 6.07) is 0.348. The van der Waals surface area contributed by atoms with Gasteiger partial charge in [0.05, 0.1) is 18.7 Å². The van der Waals surface area contributed by atoms with Crippen molar-refractivity contribution in [3.05, 3.63) is 39.7 Å². The summed E-state index contributed by atoms with van der Waals surface area (Å²) in [5.74, 6) is -6.32. The van der Waals surface area contributed by atoms with Gasteiger partial charge < -0.3 is 41.1 Å². The number of Topliss-reactive ketones (excluding diaryl/α,β-unsaturated/α-hetero) is 2. The molecule has 1 aromatic rings. The highest BCUT2D eigenvalue weighted by Crippen LogP contribution is 2.54. The van der Waals surface area contributed by atoms with Crippen molar-refractivity contribution in [1.82, 2.24) is 15.1 Å². The average Bonchev–Trinajstić information content (AvgIpc) is 3.42. The number of likely N-dealkylation sites (tertiary alicyclic amines) is 1. The van der Waals surface area contributed by atoms with Gasteiger partial charge in [-0.05, 0) is 64.9 Å². The average molecular weight is 571 g/mol. The minimum atomic E-state index is -2.66. The smallest absolute Gasteiger partial charge is 0.255 e. The van der Waals surface area contributed by atoms with Crippen LogP contribution in [0.1, 0.15) is 36.0 Å². The molecule has 0 aromatic heterocycles. The molecule has 1 amide bonds. The highest BCUT2D eigenvalue weighted by Gasteiger charge is 2.64. The molecule has 4 aliphatic rings. The van der Waals surface area contributed by atoms with Gasteiger partial charge >= 0.3 is 0 Å². The molecule has 0 spiro atoms. The van der Waals surface area contributed by atoms with E-state index in [1.165, 1.54) is 30.9 Å². The van der Waals surface area contributed by atoms with Crippen LogP contribution in [0.4, 0.5) is 0 Å². The van der Waals surface area contributed by atoms with Gasteiger partial charge in [0, 0.05) is 42.3 Å². The number of primary amides is 1. The number of nitrogens with zero attached hydrogens (tertiary/aromatic N) is 2. The Morgan fingerprint density at radius 2 is 1.90 bits per heavy atom. The van der Waals surface area contributed by atoms with Crippen LogP contribution in [-0.4, -0.2) is 107 Å². The summed E-state index contributed by atoms with van der Waals surface area (Å²) in [5, 5.41) is 48.4. The second-order valence-electron chi connectivity index (χ2n) is 11.6. The zero-order valence-corrected chi connectivity index (χ0v) is 23.6. The molecule has 222 valence electrons. The first-order valence-electron chi connectivity index (χ1n) is 13.9. The quantitative estimate of drug-likeness (QED) is 0.185. The van der Waals surface area contributed by atoms with Crippen molar-refractivity contribution in [2.75, 3.05) is 47.4 Å². The maximum absolute atomic E-state index is 13.9. The number of nitrogens with two attached hydrogens (primary N) is 1. The number of amides is 1. The van der Waals surface area contributed by atoms with Gasteiger partial charge in [-0.1, -0.05) is 0 Å². The molecule has 41 heavy (non-hydrogen) atoms. The monoisotopic (exact) mass is 570 g/mol. The molecule has 0 radical (unpaired) electrons. The fourth-order valence-electron chi connectivity index (χ4n) is 7.21. The van der Waals surface area contributed by atoms with Crippen molar-refractivity contribution in [2.24, 2.45) is 17.6 Å². The molecule has 3 aliphatic carbocycles. The minimum Gasteiger partial charge on any atom is -0.508 e. The molecule has 1 saturated carbocycles. The molecule has 5 rings (SSSR count). The molecule has 7 N–H and O–H groups in total. The molecule has 1 heterocycles. The first-order valence-corrected chi connectivity index (χ1v) is 13.9. The molecule has 12 heteroatoms. The van der Waals surface area contributed by atoms with Crippen LogP contribution < -0.4 is 15.8 Å². The predicted molar refractivity (Wildman–Crippen MR) is 148 cm³/mol. The number of phenolic OH excluding ortho intramolecular Hbond substituents is 1. The number of aliphatic hydroxyl groups excluding tert-OH is 2. The van der Waals surface area contributed by atoms with E-state index in [1.54, 1.807) is 14.1 Å². The van der Waals surface area contributed by atoms with E-state index in [1.807, 2.05) is 0 Å². The Hall–Kier alpha value is -3.45. The Bertz CT molecular complexity index is 1360. The molecule has 0 bridgehead atoms. The molecule has 1 aliphatic heterocycles. The number of ether oxygens (including phenoxy) is 1. The van der Waals surface area contributed by atoms with Crippen LogP contribution in [0.5, 0.6) is 11.5 Å². The Balaban J connectivity index is 1.54. The van der Waals surface area contributed by atoms with E-state index in [4.69, 9.17) is 10.5 Å². The van der Waals surface area contributed by atoms with Crippen LogP contribution in [0.25, 0.3) is 5.76 Å². The molecule has 4 atom stereocenters. The van der Waals surface area contributed by atoms with Crippen molar-refractivity contribution in [1.29, 1.82) is 0 Å². The van der Waals surface area contributed by atoms with E-state index in [2.05, 4.69) is 10.2 Å². The third-order valence-corrected chi connectivity index (χ3v) is 9.07. The summed E-state index contributed by atoms with van der Waals surface area (Å²) >= 11 is 0. The number of benzene rings is 1. The fraction of sp³-hybridized carbons (Fsp3) is 0.552. The van der Waals surface area contributed by atoms with Gasteiger partial charge in [-0.3, -0.25) is 19.3 Å². The van der Waals surface area contributed by atoms with Gasteiger partial charge in [0.15, 0.2) is 11.4 Å². The van der Waals surface area contributed by atoms with Crippen molar-refractivity contribution in [3.8, 4) is 11.5 Å². The number of methoxy groups -OCH3 is 1. The third kappa shape index (κ3) is 4.49. The van der Waals surface area contributed by atoms with Crippen LogP contribution >= 0.6 is 0 Å². The van der Waals surface area contributed by atoms with E-state index in [0.717, 1.165) is 26.2 Å². The first kappa shape index (κ1) is 29.1. The molecule has 0 unspecified atom stereocenters. The van der Waals surface area contributed by atoms with Crippen LogP contribution in [-0.2, 0) is 27.3 Å². The zero-order chi connectivity index (χ0) is 29.8. The maximum Gasteiger partial charge on any atom is 0.255 e. The van der Waals surface area contributed by atoms with Crippen LogP contribution in [0.15, 0.2) is 23.0 Å². The van der Waals surface area contributed by atoms with E-state index in [9.17, 15) is 34.8 Å². The number of carbonyl (C=O) groups excluding carboxylic acids is 3. The van der Waals surface area contributed by atoms with Gasteiger partial charge in [-0.25, -0.2) is 0 Å². The van der Waals surface area contributed by atoms with Crippen LogP contribution in [0.3, 0.4) is 0 Å². The number of aliphatic hydroxyl groups is 3. The number of likely N-dealkylation sites (N-methyl/N-ethyl adjacent to an activating group) is 1. The highest BCUT2D eigenvalue weighted by molar-refractivity contribution is 6.24. The lowest BCUT2D eigenvalue weighted by Gasteiger charge is -2.50. The number of nitrogens with one attached hydrogen (secondary N) is 1. The zero-order valence-electron chi connectivity index (χ0n) is 23.6. The molecule has 1 aromatic carbocycles. The molecule has 1 saturated heterocycles. The van der Waals surface area contributed by atoms with E-state index in [0.29, 0.717) is 23.4 Å². The number of hydrogen-bond donors (Lipinski definition) is 6. The van der Waals surface area contributed by atoms with E-state index < -0.39 is 58.0 Å². The molecule has 12 nitrogen and oxygen atoms in total. The fourth-order valence-corrected chi connectivity index (χ4v) is 7.21. The number of ketones is 2. The number of carbonyl (C=O) groups is 3. The van der Waals surface area contributed by atoms with Crippen LogP contribution in [0, 0.1) is 11.8 Å². The number of aromatic hydroxyl groups is 1. The summed E-state index contributed by atoms with van der Waals surface area (Å²) in [6.45, 7) is 4.25. The van der Waals surface area contributed by atoms with Gasteiger partial charge in [0.25, 0.3) is 5.91 Å². The second-order valence-corrected chi connectivity index (χ2v) is 11.6.